The number of hydrogen-bond donors (Lipinski definition) is 2. The van der Waals surface area contributed by atoms with Crippen molar-refractivity contribution in [3.8, 4) is 11.3 Å². The Balaban J connectivity index is 1.36. The van der Waals surface area contributed by atoms with Gasteiger partial charge in [0.25, 0.3) is 5.91 Å². The van der Waals surface area contributed by atoms with Gasteiger partial charge in [-0.1, -0.05) is 25.0 Å². The molecule has 1 saturated carbocycles. The Bertz CT molecular complexity index is 1280. The third-order valence-electron chi connectivity index (χ3n) is 8.32. The second-order valence-electron chi connectivity index (χ2n) is 11.1. The van der Waals surface area contributed by atoms with Crippen LogP contribution in [-0.4, -0.2) is 42.1 Å². The van der Waals surface area contributed by atoms with E-state index in [1.54, 1.807) is 0 Å². The summed E-state index contributed by atoms with van der Waals surface area (Å²) in [7, 11) is 0. The molecular weight excluding hydrogens is 486 g/mol. The lowest BCUT2D eigenvalue weighted by Gasteiger charge is -2.31. The molecule has 7 rings (SSSR count). The van der Waals surface area contributed by atoms with E-state index in [0.29, 0.717) is 37.2 Å². The summed E-state index contributed by atoms with van der Waals surface area (Å²) in [5.41, 5.74) is 7.27. The van der Waals surface area contributed by atoms with E-state index in [2.05, 4.69) is 33.7 Å². The van der Waals surface area contributed by atoms with Crippen LogP contribution in [-0.2, 0) is 11.3 Å². The average molecular weight is 526 g/mol. The largest absolute Gasteiger partial charge is 0.377 e. The predicted molar refractivity (Wildman–Crippen MR) is 156 cm³/mol. The summed E-state index contributed by atoms with van der Waals surface area (Å²) in [6, 6.07) is 14.4. The first kappa shape index (κ1) is 25.8. The number of rotatable bonds is 2. The summed E-state index contributed by atoms with van der Waals surface area (Å²) in [4.78, 5) is 25.0. The van der Waals surface area contributed by atoms with Crippen LogP contribution in [0, 0.1) is 0 Å². The van der Waals surface area contributed by atoms with E-state index in [9.17, 15) is 4.79 Å². The molecule has 4 aliphatic rings. The zero-order valence-electron chi connectivity index (χ0n) is 22.8. The van der Waals surface area contributed by atoms with Crippen molar-refractivity contribution in [3.05, 3.63) is 65.4 Å². The molecule has 2 fully saturated rings. The Morgan fingerprint density at radius 1 is 0.872 bits per heavy atom. The number of benzene rings is 2. The van der Waals surface area contributed by atoms with Gasteiger partial charge in [0, 0.05) is 66.1 Å². The van der Waals surface area contributed by atoms with E-state index in [4.69, 9.17) is 14.7 Å². The lowest BCUT2D eigenvalue weighted by Crippen LogP contribution is -2.30. The van der Waals surface area contributed by atoms with Gasteiger partial charge in [0.1, 0.15) is 0 Å². The maximum Gasteiger partial charge on any atom is 0.251 e. The van der Waals surface area contributed by atoms with Crippen molar-refractivity contribution in [2.24, 2.45) is 0 Å². The van der Waals surface area contributed by atoms with Crippen molar-refractivity contribution in [3.63, 3.8) is 0 Å². The first-order valence-corrected chi connectivity index (χ1v) is 14.7. The Morgan fingerprint density at radius 3 is 2.49 bits per heavy atom. The van der Waals surface area contributed by atoms with Crippen molar-refractivity contribution < 1.29 is 9.53 Å². The van der Waals surface area contributed by atoms with Crippen molar-refractivity contribution >= 4 is 23.2 Å². The molecule has 1 amide bonds. The number of carbonyl (C=O) groups is 1. The number of fused-ring (bicyclic) bond motifs is 9. The molecule has 7 heteroatoms. The Hall–Kier alpha value is -3.45. The van der Waals surface area contributed by atoms with Gasteiger partial charge in [-0.05, 0) is 81.2 Å². The minimum atomic E-state index is -0.0383. The highest BCUT2D eigenvalue weighted by atomic mass is 16.5. The van der Waals surface area contributed by atoms with Gasteiger partial charge in [0.05, 0.1) is 12.3 Å². The second-order valence-corrected chi connectivity index (χ2v) is 11.1. The van der Waals surface area contributed by atoms with Gasteiger partial charge in [0.2, 0.25) is 5.95 Å². The van der Waals surface area contributed by atoms with Gasteiger partial charge in [-0.15, -0.1) is 0 Å². The minimum Gasteiger partial charge on any atom is -0.377 e. The molecule has 0 spiro atoms. The molecule has 0 radical (unpaired) electrons. The van der Waals surface area contributed by atoms with Gasteiger partial charge in [-0.25, -0.2) is 9.97 Å². The van der Waals surface area contributed by atoms with Gasteiger partial charge in [-0.3, -0.25) is 4.79 Å². The van der Waals surface area contributed by atoms with Crippen molar-refractivity contribution in [1.29, 1.82) is 0 Å². The summed E-state index contributed by atoms with van der Waals surface area (Å²) in [6.07, 6.45) is 12.4. The van der Waals surface area contributed by atoms with Crippen molar-refractivity contribution in [2.75, 3.05) is 36.5 Å². The number of amides is 1. The van der Waals surface area contributed by atoms with Crippen LogP contribution < -0.4 is 15.5 Å². The van der Waals surface area contributed by atoms with Gasteiger partial charge in [0.15, 0.2) is 0 Å². The molecule has 7 nitrogen and oxygen atoms in total. The fourth-order valence-corrected chi connectivity index (χ4v) is 6.16. The first-order chi connectivity index (χ1) is 19.2. The molecule has 204 valence electrons. The van der Waals surface area contributed by atoms with Crippen LogP contribution in [0.25, 0.3) is 11.3 Å². The number of carbonyl (C=O) groups excluding carboxylic acids is 1. The molecule has 0 unspecified atom stereocenters. The molecule has 39 heavy (non-hydrogen) atoms. The third-order valence-corrected chi connectivity index (χ3v) is 8.32. The Kier molecular flexibility index (Phi) is 8.05. The first-order valence-electron chi connectivity index (χ1n) is 14.7. The van der Waals surface area contributed by atoms with Gasteiger partial charge in [-0.2, -0.15) is 0 Å². The van der Waals surface area contributed by atoms with Crippen molar-refractivity contribution in [1.82, 2.24) is 15.3 Å². The van der Waals surface area contributed by atoms with Crippen LogP contribution >= 0.6 is 0 Å². The summed E-state index contributed by atoms with van der Waals surface area (Å²) in [5, 5.41) is 6.54. The SMILES string of the molecule is O=C1NCCCCOCc2cc(ccc2N2CCCCC2)Nc2ncc(C3CCCC3)c(n2)-c2ccc1cc2. The van der Waals surface area contributed by atoms with E-state index in [1.807, 2.05) is 30.5 Å². The van der Waals surface area contributed by atoms with E-state index >= 15 is 0 Å². The number of nitrogens with zero attached hydrogens (tertiary/aromatic N) is 3. The normalized spacial score (nSPS) is 19.1. The number of piperidine rings is 1. The summed E-state index contributed by atoms with van der Waals surface area (Å²) < 4.78 is 6.13. The molecule has 1 aliphatic carbocycles. The van der Waals surface area contributed by atoms with Gasteiger partial charge < -0.3 is 20.3 Å². The average Bonchev–Trinajstić information content (AvgIpc) is 3.52. The van der Waals surface area contributed by atoms with Crippen LogP contribution in [0.2, 0.25) is 0 Å². The van der Waals surface area contributed by atoms with Crippen LogP contribution in [0.15, 0.2) is 48.7 Å². The minimum absolute atomic E-state index is 0.0383. The van der Waals surface area contributed by atoms with E-state index in [1.165, 1.54) is 61.8 Å². The summed E-state index contributed by atoms with van der Waals surface area (Å²) >= 11 is 0. The molecule has 3 aliphatic heterocycles. The number of nitrogens with one attached hydrogen (secondary N) is 2. The maximum absolute atomic E-state index is 12.7. The zero-order chi connectivity index (χ0) is 26.4. The second kappa shape index (κ2) is 12.2. The smallest absolute Gasteiger partial charge is 0.251 e. The maximum atomic E-state index is 12.7. The number of ether oxygens (including phenoxy) is 1. The quantitative estimate of drug-likeness (QED) is 0.394. The molecule has 4 heterocycles. The highest BCUT2D eigenvalue weighted by molar-refractivity contribution is 5.94. The van der Waals surface area contributed by atoms with E-state index in [-0.39, 0.29) is 5.91 Å². The number of hydrogen-bond acceptors (Lipinski definition) is 6. The van der Waals surface area contributed by atoms with Crippen LogP contribution in [0.1, 0.15) is 85.2 Å². The summed E-state index contributed by atoms with van der Waals surface area (Å²) in [5.74, 6) is 1.03. The molecule has 2 N–H and O–H groups in total. The molecule has 2 aromatic carbocycles. The number of aromatic nitrogens is 2. The Morgan fingerprint density at radius 2 is 1.67 bits per heavy atom. The lowest BCUT2D eigenvalue weighted by atomic mass is 9.94. The molecule has 6 bridgehead atoms. The highest BCUT2D eigenvalue weighted by Gasteiger charge is 2.23. The molecule has 1 aromatic heterocycles. The molecule has 0 atom stereocenters. The van der Waals surface area contributed by atoms with Crippen LogP contribution in [0.5, 0.6) is 0 Å². The fraction of sp³-hybridized carbons (Fsp3) is 0.469. The zero-order valence-corrected chi connectivity index (χ0v) is 22.8. The van der Waals surface area contributed by atoms with Crippen molar-refractivity contribution in [2.45, 2.75) is 70.3 Å². The highest BCUT2D eigenvalue weighted by Crippen LogP contribution is 2.39. The lowest BCUT2D eigenvalue weighted by molar-refractivity contribution is 0.0946. The van der Waals surface area contributed by atoms with Crippen LogP contribution in [0.4, 0.5) is 17.3 Å². The number of anilines is 3. The Labute approximate surface area is 231 Å². The molecule has 1 saturated heterocycles. The third kappa shape index (κ3) is 6.09. The van der Waals surface area contributed by atoms with Gasteiger partial charge >= 0.3 is 0 Å². The fourth-order valence-electron chi connectivity index (χ4n) is 6.16. The van der Waals surface area contributed by atoms with Crippen LogP contribution in [0.3, 0.4) is 0 Å². The predicted octanol–water partition coefficient (Wildman–Crippen LogP) is 6.58. The molecular formula is C32H39N5O2. The molecule has 3 aromatic rings. The summed E-state index contributed by atoms with van der Waals surface area (Å²) in [6.45, 7) is 4.05. The standard InChI is InChI=1S/C32H39N5O2/c38-31-25-12-10-24(11-13-25)30-28(23-8-2-3-9-23)21-34-32(36-30)35-27-14-15-29(37-17-5-1-6-18-37)26(20-27)22-39-19-7-4-16-33-31/h10-15,20-21,23H,1-9,16-19,22H2,(H,33,38)(H,34,35,36). The van der Waals surface area contributed by atoms with E-state index < -0.39 is 0 Å². The monoisotopic (exact) mass is 525 g/mol. The topological polar surface area (TPSA) is 79.4 Å². The van der Waals surface area contributed by atoms with E-state index in [0.717, 1.165) is 42.9 Å².